The van der Waals surface area contributed by atoms with Crippen molar-refractivity contribution in [2.24, 2.45) is 11.7 Å². The third-order valence-corrected chi connectivity index (χ3v) is 3.53. The van der Waals surface area contributed by atoms with Crippen LogP contribution in [0.3, 0.4) is 0 Å². The smallest absolute Gasteiger partial charge is 0.219 e. The fourth-order valence-electron chi connectivity index (χ4n) is 2.80. The number of hydrogen-bond donors (Lipinski definition) is 2. The summed E-state index contributed by atoms with van der Waals surface area (Å²) in [6.07, 6.45) is 2.29. The van der Waals surface area contributed by atoms with Crippen molar-refractivity contribution in [2.75, 3.05) is 6.54 Å². The number of aromatic nitrogens is 2. The van der Waals surface area contributed by atoms with Crippen LogP contribution in [0.15, 0.2) is 0 Å². The molecule has 0 saturated carbocycles. The van der Waals surface area contributed by atoms with Crippen molar-refractivity contribution in [1.82, 2.24) is 14.9 Å². The molecule has 0 aliphatic carbocycles. The second-order valence-electron chi connectivity index (χ2n) is 5.84. The first-order valence-electron chi connectivity index (χ1n) is 7.07. The second-order valence-corrected chi connectivity index (χ2v) is 5.84. The number of rotatable bonds is 5. The van der Waals surface area contributed by atoms with Crippen LogP contribution in [0.25, 0.3) is 0 Å². The molecular weight excluding hydrogens is 240 g/mol. The molecular formula is C14H24N4O. The average Bonchev–Trinajstić information content (AvgIpc) is 2.64. The summed E-state index contributed by atoms with van der Waals surface area (Å²) < 4.78 is 2.25. The lowest BCUT2D eigenvalue weighted by atomic mass is 10.1. The normalized spacial score (nSPS) is 16.4. The lowest BCUT2D eigenvalue weighted by molar-refractivity contribution is -0.118. The molecule has 0 spiro atoms. The molecule has 0 radical (unpaired) electrons. The van der Waals surface area contributed by atoms with Gasteiger partial charge in [0.25, 0.3) is 0 Å². The third kappa shape index (κ3) is 3.15. The van der Waals surface area contributed by atoms with Crippen molar-refractivity contribution < 1.29 is 4.79 Å². The zero-order valence-corrected chi connectivity index (χ0v) is 12.1. The minimum absolute atomic E-state index is 0.0978. The molecule has 0 bridgehead atoms. The van der Waals surface area contributed by atoms with Gasteiger partial charge in [-0.1, -0.05) is 13.8 Å². The molecule has 1 aliphatic rings. The summed E-state index contributed by atoms with van der Waals surface area (Å²) >= 11 is 0. The molecule has 1 aliphatic heterocycles. The van der Waals surface area contributed by atoms with Gasteiger partial charge in [-0.05, 0) is 12.8 Å². The Labute approximate surface area is 114 Å². The lowest BCUT2D eigenvalue weighted by Crippen LogP contribution is -2.27. The molecule has 0 fully saturated rings. The number of nitrogens with one attached hydrogen (secondary N) is 1. The summed E-state index contributed by atoms with van der Waals surface area (Å²) in [6, 6.07) is 0.0978. The summed E-state index contributed by atoms with van der Waals surface area (Å²) in [6.45, 7) is 8.24. The van der Waals surface area contributed by atoms with Gasteiger partial charge in [0, 0.05) is 44.1 Å². The molecule has 1 unspecified atom stereocenters. The maximum atomic E-state index is 11.2. The molecule has 0 aromatic carbocycles. The van der Waals surface area contributed by atoms with Crippen molar-refractivity contribution >= 4 is 5.91 Å². The van der Waals surface area contributed by atoms with Gasteiger partial charge in [-0.2, -0.15) is 0 Å². The standard InChI is InChI=1S/C14H24N4O/c1-9(2)6-14-17-11-8-16-5-4-12(11)18(14)10(3)7-13(15)19/h9-10,16H,4-8H2,1-3H3,(H2,15,19). The number of fused-ring (bicyclic) bond motifs is 1. The molecule has 5 heteroatoms. The molecule has 1 aromatic heterocycles. The van der Waals surface area contributed by atoms with Crippen molar-refractivity contribution in [2.45, 2.75) is 52.6 Å². The Balaban J connectivity index is 2.36. The maximum absolute atomic E-state index is 11.2. The summed E-state index contributed by atoms with van der Waals surface area (Å²) in [4.78, 5) is 16.0. The maximum Gasteiger partial charge on any atom is 0.219 e. The molecule has 5 nitrogen and oxygen atoms in total. The SMILES string of the molecule is CC(C)Cc1nc2c(n1C(C)CC(N)=O)CCNC2. The van der Waals surface area contributed by atoms with Gasteiger partial charge in [0.15, 0.2) is 0 Å². The Morgan fingerprint density at radius 1 is 1.47 bits per heavy atom. The average molecular weight is 264 g/mol. The summed E-state index contributed by atoms with van der Waals surface area (Å²) in [7, 11) is 0. The number of imidazole rings is 1. The second kappa shape index (κ2) is 5.74. The van der Waals surface area contributed by atoms with Gasteiger partial charge >= 0.3 is 0 Å². The Kier molecular flexibility index (Phi) is 4.24. The van der Waals surface area contributed by atoms with Crippen molar-refractivity contribution in [1.29, 1.82) is 0 Å². The van der Waals surface area contributed by atoms with Gasteiger partial charge in [0.2, 0.25) is 5.91 Å². The van der Waals surface area contributed by atoms with Crippen LogP contribution in [0.1, 0.15) is 50.4 Å². The highest BCUT2D eigenvalue weighted by atomic mass is 16.1. The molecule has 19 heavy (non-hydrogen) atoms. The molecule has 1 aromatic rings. The zero-order valence-electron chi connectivity index (χ0n) is 12.1. The van der Waals surface area contributed by atoms with E-state index in [9.17, 15) is 4.79 Å². The first kappa shape index (κ1) is 14.1. The quantitative estimate of drug-likeness (QED) is 0.838. The fourth-order valence-corrected chi connectivity index (χ4v) is 2.80. The van der Waals surface area contributed by atoms with Crippen molar-refractivity contribution in [3.8, 4) is 0 Å². The van der Waals surface area contributed by atoms with E-state index in [1.807, 2.05) is 0 Å². The first-order chi connectivity index (χ1) is 8.99. The van der Waals surface area contributed by atoms with Crippen LogP contribution < -0.4 is 11.1 Å². The number of hydrogen-bond acceptors (Lipinski definition) is 3. The number of primary amides is 1. The largest absolute Gasteiger partial charge is 0.370 e. The predicted octanol–water partition coefficient (Wildman–Crippen LogP) is 1.16. The molecule has 3 N–H and O–H groups in total. The van der Waals surface area contributed by atoms with E-state index in [0.717, 1.165) is 37.4 Å². The highest BCUT2D eigenvalue weighted by Crippen LogP contribution is 2.24. The van der Waals surface area contributed by atoms with E-state index < -0.39 is 0 Å². The van der Waals surface area contributed by atoms with E-state index in [1.54, 1.807) is 0 Å². The topological polar surface area (TPSA) is 72.9 Å². The monoisotopic (exact) mass is 264 g/mol. The van der Waals surface area contributed by atoms with Crippen LogP contribution in [0.4, 0.5) is 0 Å². The Bertz CT molecular complexity index is 464. The molecule has 106 valence electrons. The summed E-state index contributed by atoms with van der Waals surface area (Å²) in [5.74, 6) is 1.40. The molecule has 2 rings (SSSR count). The minimum Gasteiger partial charge on any atom is -0.370 e. The van der Waals surface area contributed by atoms with Crippen molar-refractivity contribution in [3.05, 3.63) is 17.2 Å². The number of nitrogens with zero attached hydrogens (tertiary/aromatic N) is 2. The zero-order chi connectivity index (χ0) is 14.0. The van der Waals surface area contributed by atoms with Gasteiger partial charge < -0.3 is 15.6 Å². The third-order valence-electron chi connectivity index (χ3n) is 3.53. The highest BCUT2D eigenvalue weighted by molar-refractivity contribution is 5.74. The van der Waals surface area contributed by atoms with Gasteiger partial charge in [0.05, 0.1) is 5.69 Å². The highest BCUT2D eigenvalue weighted by Gasteiger charge is 2.23. The number of amides is 1. The van der Waals surface area contributed by atoms with Crippen LogP contribution in [0, 0.1) is 5.92 Å². The summed E-state index contributed by atoms with van der Waals surface area (Å²) in [5, 5.41) is 3.35. The molecule has 2 heterocycles. The van der Waals surface area contributed by atoms with Crippen LogP contribution in [-0.4, -0.2) is 22.0 Å². The Morgan fingerprint density at radius 3 is 2.84 bits per heavy atom. The van der Waals surface area contributed by atoms with E-state index in [-0.39, 0.29) is 11.9 Å². The van der Waals surface area contributed by atoms with Crippen LogP contribution in [0.5, 0.6) is 0 Å². The van der Waals surface area contributed by atoms with E-state index in [0.29, 0.717) is 12.3 Å². The molecule has 1 amide bonds. The van der Waals surface area contributed by atoms with Gasteiger partial charge in [-0.15, -0.1) is 0 Å². The number of carbonyl (C=O) groups is 1. The lowest BCUT2D eigenvalue weighted by Gasteiger charge is -2.21. The van der Waals surface area contributed by atoms with E-state index in [2.05, 4.69) is 30.7 Å². The first-order valence-corrected chi connectivity index (χ1v) is 7.07. The van der Waals surface area contributed by atoms with Crippen molar-refractivity contribution in [3.63, 3.8) is 0 Å². The fraction of sp³-hybridized carbons (Fsp3) is 0.714. The van der Waals surface area contributed by atoms with Crippen LogP contribution in [0.2, 0.25) is 0 Å². The van der Waals surface area contributed by atoms with Gasteiger partial charge in [-0.3, -0.25) is 4.79 Å². The van der Waals surface area contributed by atoms with Gasteiger partial charge in [-0.25, -0.2) is 4.98 Å². The minimum atomic E-state index is -0.251. The number of carbonyl (C=O) groups excluding carboxylic acids is 1. The molecule has 1 atom stereocenters. The van der Waals surface area contributed by atoms with Gasteiger partial charge in [0.1, 0.15) is 5.82 Å². The Hall–Kier alpha value is -1.36. The molecule has 0 saturated heterocycles. The van der Waals surface area contributed by atoms with E-state index in [4.69, 9.17) is 10.7 Å². The van der Waals surface area contributed by atoms with Crippen LogP contribution >= 0.6 is 0 Å². The summed E-state index contributed by atoms with van der Waals surface area (Å²) in [5.41, 5.74) is 7.76. The Morgan fingerprint density at radius 2 is 2.21 bits per heavy atom. The predicted molar refractivity (Wildman–Crippen MR) is 74.7 cm³/mol. The van der Waals surface area contributed by atoms with E-state index in [1.165, 1.54) is 5.69 Å². The van der Waals surface area contributed by atoms with E-state index >= 15 is 0 Å². The van der Waals surface area contributed by atoms with Crippen LogP contribution in [-0.2, 0) is 24.2 Å². The number of nitrogens with two attached hydrogens (primary N) is 1.